The van der Waals surface area contributed by atoms with Gasteiger partial charge in [-0.05, 0) is 31.9 Å². The van der Waals surface area contributed by atoms with Crippen LogP contribution in [0.4, 0.5) is 0 Å². The monoisotopic (exact) mass is 313 g/mol. The van der Waals surface area contributed by atoms with E-state index in [-0.39, 0.29) is 4.90 Å². The van der Waals surface area contributed by atoms with Crippen LogP contribution in [0.3, 0.4) is 0 Å². The van der Waals surface area contributed by atoms with Crippen molar-refractivity contribution in [1.29, 1.82) is 0 Å². The topological polar surface area (TPSA) is 72.9 Å². The van der Waals surface area contributed by atoms with E-state index in [1.165, 1.54) is 26.4 Å². The van der Waals surface area contributed by atoms with Crippen molar-refractivity contribution in [2.24, 2.45) is 0 Å². The van der Waals surface area contributed by atoms with Crippen LogP contribution in [-0.4, -0.2) is 45.2 Å². The van der Waals surface area contributed by atoms with E-state index in [4.69, 9.17) is 9.47 Å². The summed E-state index contributed by atoms with van der Waals surface area (Å²) in [6.45, 7) is 1.88. The minimum absolute atomic E-state index is 0.144. The Hall–Kier alpha value is -1.44. The van der Waals surface area contributed by atoms with Crippen LogP contribution in [0.5, 0.6) is 0 Å². The molecule has 1 aliphatic heterocycles. The lowest BCUT2D eigenvalue weighted by Gasteiger charge is -2.27. The summed E-state index contributed by atoms with van der Waals surface area (Å²) in [5.41, 5.74) is 0.961. The highest BCUT2D eigenvalue weighted by atomic mass is 32.2. The third kappa shape index (κ3) is 2.95. The molecule has 0 bridgehead atoms. The molecule has 2 unspecified atom stereocenters. The first-order chi connectivity index (χ1) is 9.91. The fourth-order valence-corrected chi connectivity index (χ4v) is 4.24. The SMILES string of the molecule is COC(=O)C1CCC(OC)N1S(=O)(=O)c1ccc(C)cc1. The summed E-state index contributed by atoms with van der Waals surface area (Å²) in [5.74, 6) is -0.565. The molecule has 2 rings (SSSR count). The minimum Gasteiger partial charge on any atom is -0.468 e. The summed E-state index contributed by atoms with van der Waals surface area (Å²) in [5, 5.41) is 0. The molecular formula is C14H19NO5S. The van der Waals surface area contributed by atoms with Crippen molar-refractivity contribution in [2.75, 3.05) is 14.2 Å². The number of hydrogen-bond acceptors (Lipinski definition) is 5. The maximum atomic E-state index is 12.8. The predicted molar refractivity (Wildman–Crippen MR) is 76.0 cm³/mol. The first-order valence-corrected chi connectivity index (χ1v) is 8.06. The lowest BCUT2D eigenvalue weighted by Crippen LogP contribution is -2.45. The van der Waals surface area contributed by atoms with Gasteiger partial charge < -0.3 is 9.47 Å². The molecular weight excluding hydrogens is 294 g/mol. The van der Waals surface area contributed by atoms with E-state index in [1.54, 1.807) is 12.1 Å². The predicted octanol–water partition coefficient (Wildman–Crippen LogP) is 1.29. The summed E-state index contributed by atoms with van der Waals surface area (Å²) in [7, 11) is -1.13. The van der Waals surface area contributed by atoms with Gasteiger partial charge in [-0.3, -0.25) is 4.79 Å². The molecule has 0 radical (unpaired) electrons. The zero-order chi connectivity index (χ0) is 15.6. The van der Waals surface area contributed by atoms with E-state index in [2.05, 4.69) is 0 Å². The molecule has 1 saturated heterocycles. The summed E-state index contributed by atoms with van der Waals surface area (Å²) < 4.78 is 36.6. The van der Waals surface area contributed by atoms with Gasteiger partial charge in [-0.2, -0.15) is 4.31 Å². The van der Waals surface area contributed by atoms with Gasteiger partial charge >= 0.3 is 5.97 Å². The second kappa shape index (κ2) is 6.13. The number of sulfonamides is 1. The van der Waals surface area contributed by atoms with E-state index in [1.807, 2.05) is 6.92 Å². The van der Waals surface area contributed by atoms with Crippen LogP contribution in [-0.2, 0) is 24.3 Å². The first kappa shape index (κ1) is 15.9. The first-order valence-electron chi connectivity index (χ1n) is 6.62. The average molecular weight is 313 g/mol. The van der Waals surface area contributed by atoms with Crippen LogP contribution in [0.2, 0.25) is 0 Å². The molecule has 7 heteroatoms. The highest BCUT2D eigenvalue weighted by Gasteiger charge is 2.46. The zero-order valence-corrected chi connectivity index (χ0v) is 13.1. The normalized spacial score (nSPS) is 23.2. The highest BCUT2D eigenvalue weighted by Crippen LogP contribution is 2.32. The average Bonchev–Trinajstić information content (AvgIpc) is 2.91. The van der Waals surface area contributed by atoms with Crippen LogP contribution in [0, 0.1) is 6.92 Å². The van der Waals surface area contributed by atoms with Crippen LogP contribution >= 0.6 is 0 Å². The van der Waals surface area contributed by atoms with E-state index in [0.717, 1.165) is 9.87 Å². The highest BCUT2D eigenvalue weighted by molar-refractivity contribution is 7.89. The van der Waals surface area contributed by atoms with Gasteiger partial charge in [-0.1, -0.05) is 17.7 Å². The van der Waals surface area contributed by atoms with Crippen molar-refractivity contribution in [1.82, 2.24) is 4.31 Å². The Morgan fingerprint density at radius 1 is 1.19 bits per heavy atom. The number of hydrogen-bond donors (Lipinski definition) is 0. The molecule has 2 atom stereocenters. The standard InChI is InChI=1S/C14H19NO5S/c1-10-4-6-11(7-5-10)21(17,18)15-12(14(16)20-3)8-9-13(15)19-2/h4-7,12-13H,8-9H2,1-3H3. The van der Waals surface area contributed by atoms with Gasteiger partial charge in [0.05, 0.1) is 12.0 Å². The van der Waals surface area contributed by atoms with Crippen molar-refractivity contribution in [2.45, 2.75) is 36.9 Å². The van der Waals surface area contributed by atoms with Crippen molar-refractivity contribution in [3.8, 4) is 0 Å². The smallest absolute Gasteiger partial charge is 0.324 e. The molecule has 1 aliphatic rings. The van der Waals surface area contributed by atoms with Crippen LogP contribution < -0.4 is 0 Å². The Kier molecular flexibility index (Phi) is 4.65. The van der Waals surface area contributed by atoms with Gasteiger partial charge in [0.2, 0.25) is 10.0 Å². The van der Waals surface area contributed by atoms with E-state index in [0.29, 0.717) is 12.8 Å². The number of nitrogens with zero attached hydrogens (tertiary/aromatic N) is 1. The molecule has 0 amide bonds. The second-order valence-corrected chi connectivity index (χ2v) is 6.80. The van der Waals surface area contributed by atoms with Crippen LogP contribution in [0.25, 0.3) is 0 Å². The Bertz CT molecular complexity index is 611. The number of ether oxygens (including phenoxy) is 2. The quantitative estimate of drug-likeness (QED) is 0.783. The zero-order valence-electron chi connectivity index (χ0n) is 12.3. The molecule has 1 aromatic rings. The minimum atomic E-state index is -3.81. The largest absolute Gasteiger partial charge is 0.468 e. The number of methoxy groups -OCH3 is 2. The molecule has 0 aromatic heterocycles. The maximum Gasteiger partial charge on any atom is 0.324 e. The summed E-state index contributed by atoms with van der Waals surface area (Å²) in [6, 6.07) is 5.66. The van der Waals surface area contributed by atoms with E-state index < -0.39 is 28.3 Å². The molecule has 0 N–H and O–H groups in total. The summed E-state index contributed by atoms with van der Waals surface area (Å²) >= 11 is 0. The van der Waals surface area contributed by atoms with Gasteiger partial charge in [0.15, 0.2) is 0 Å². The lowest BCUT2D eigenvalue weighted by atomic mass is 10.2. The fourth-order valence-electron chi connectivity index (χ4n) is 2.49. The van der Waals surface area contributed by atoms with Gasteiger partial charge in [-0.15, -0.1) is 0 Å². The van der Waals surface area contributed by atoms with Gasteiger partial charge in [0, 0.05) is 7.11 Å². The third-order valence-electron chi connectivity index (χ3n) is 3.62. The number of carbonyl (C=O) groups is 1. The number of aryl methyl sites for hydroxylation is 1. The molecule has 0 aliphatic carbocycles. The summed E-state index contributed by atoms with van der Waals surface area (Å²) in [4.78, 5) is 12.0. The molecule has 1 aromatic carbocycles. The maximum absolute atomic E-state index is 12.8. The number of esters is 1. The molecule has 0 spiro atoms. The second-order valence-electron chi connectivity index (χ2n) is 4.95. The fraction of sp³-hybridized carbons (Fsp3) is 0.500. The molecule has 116 valence electrons. The van der Waals surface area contributed by atoms with Gasteiger partial charge in [0.25, 0.3) is 0 Å². The van der Waals surface area contributed by atoms with Crippen LogP contribution in [0.15, 0.2) is 29.2 Å². The summed E-state index contributed by atoms with van der Waals surface area (Å²) in [6.07, 6.45) is 0.192. The Balaban J connectivity index is 2.43. The van der Waals surface area contributed by atoms with E-state index >= 15 is 0 Å². The third-order valence-corrected chi connectivity index (χ3v) is 5.53. The molecule has 6 nitrogen and oxygen atoms in total. The Labute approximate surface area is 124 Å². The number of rotatable bonds is 4. The van der Waals surface area contributed by atoms with Gasteiger partial charge in [0.1, 0.15) is 12.3 Å². The van der Waals surface area contributed by atoms with Crippen molar-refractivity contribution in [3.05, 3.63) is 29.8 Å². The molecule has 1 heterocycles. The van der Waals surface area contributed by atoms with Crippen molar-refractivity contribution >= 4 is 16.0 Å². The van der Waals surface area contributed by atoms with E-state index in [9.17, 15) is 13.2 Å². The lowest BCUT2D eigenvalue weighted by molar-refractivity contribution is -0.145. The number of carbonyl (C=O) groups excluding carboxylic acids is 1. The molecule has 1 fully saturated rings. The molecule has 0 saturated carbocycles. The van der Waals surface area contributed by atoms with Crippen molar-refractivity contribution < 1.29 is 22.7 Å². The number of benzene rings is 1. The van der Waals surface area contributed by atoms with Gasteiger partial charge in [-0.25, -0.2) is 8.42 Å². The molecule has 21 heavy (non-hydrogen) atoms. The Morgan fingerprint density at radius 3 is 2.33 bits per heavy atom. The Morgan fingerprint density at radius 2 is 1.81 bits per heavy atom. The van der Waals surface area contributed by atoms with Crippen LogP contribution in [0.1, 0.15) is 18.4 Å². The van der Waals surface area contributed by atoms with Crippen molar-refractivity contribution in [3.63, 3.8) is 0 Å².